The van der Waals surface area contributed by atoms with Gasteiger partial charge in [0.15, 0.2) is 11.9 Å². The zero-order valence-corrected chi connectivity index (χ0v) is 13.8. The third-order valence-electron chi connectivity index (χ3n) is 3.73. The summed E-state index contributed by atoms with van der Waals surface area (Å²) >= 11 is 0. The molecular weight excluding hydrogens is 330 g/mol. The summed E-state index contributed by atoms with van der Waals surface area (Å²) in [6, 6.07) is 4.48. The minimum Gasteiger partial charge on any atom is -0.474 e. The first-order chi connectivity index (χ1) is 11.9. The predicted octanol–water partition coefficient (Wildman–Crippen LogP) is 0.866. The lowest BCUT2D eigenvalue weighted by atomic mass is 10.2. The molecule has 0 radical (unpaired) electrons. The molecule has 10 heteroatoms. The van der Waals surface area contributed by atoms with Gasteiger partial charge in [0.25, 0.3) is 11.7 Å². The molecule has 2 rings (SSSR count). The van der Waals surface area contributed by atoms with Crippen molar-refractivity contribution in [2.24, 2.45) is 0 Å². The number of hydrogen-bond donors (Lipinski definition) is 0. The maximum atomic E-state index is 12.5. The van der Waals surface area contributed by atoms with Crippen LogP contribution in [-0.4, -0.2) is 52.9 Å². The van der Waals surface area contributed by atoms with Gasteiger partial charge in [-0.2, -0.15) is 5.26 Å². The van der Waals surface area contributed by atoms with E-state index in [2.05, 4.69) is 4.98 Å². The highest BCUT2D eigenvalue weighted by Gasteiger charge is 2.39. The molecule has 1 atom stereocenters. The number of aromatic nitrogens is 1. The first kappa shape index (κ1) is 18.1. The molecule has 0 bridgehead atoms. The average Bonchev–Trinajstić information content (AvgIpc) is 2.60. The molecule has 0 aromatic carbocycles. The van der Waals surface area contributed by atoms with Crippen LogP contribution in [0.1, 0.15) is 19.8 Å². The van der Waals surface area contributed by atoms with Crippen molar-refractivity contribution in [3.05, 3.63) is 22.2 Å². The number of nitrogens with zero attached hydrogens (tertiary/aromatic N) is 5. The summed E-state index contributed by atoms with van der Waals surface area (Å²) in [5.41, 5.74) is 0. The molecule has 0 saturated heterocycles. The smallest absolute Gasteiger partial charge is 0.366 e. The topological polar surface area (TPSA) is 130 Å². The van der Waals surface area contributed by atoms with Crippen molar-refractivity contribution in [1.29, 1.82) is 5.26 Å². The molecule has 1 aliphatic heterocycles. The molecule has 0 fully saturated rings. The molecular formula is C15H17N5O5. The molecule has 0 saturated carbocycles. The molecule has 132 valence electrons. The lowest BCUT2D eigenvalue weighted by Crippen LogP contribution is -2.50. The van der Waals surface area contributed by atoms with Gasteiger partial charge < -0.3 is 19.8 Å². The second kappa shape index (κ2) is 7.57. The lowest BCUT2D eigenvalue weighted by Gasteiger charge is -2.31. The Balaban J connectivity index is 2.33. The fourth-order valence-electron chi connectivity index (χ4n) is 2.30. The van der Waals surface area contributed by atoms with Crippen molar-refractivity contribution in [1.82, 2.24) is 9.88 Å². The van der Waals surface area contributed by atoms with Crippen molar-refractivity contribution < 1.29 is 19.2 Å². The quantitative estimate of drug-likeness (QED) is 0.551. The van der Waals surface area contributed by atoms with Gasteiger partial charge in [-0.25, -0.2) is 0 Å². The maximum Gasteiger partial charge on any atom is 0.366 e. The van der Waals surface area contributed by atoms with E-state index in [0.29, 0.717) is 6.42 Å². The van der Waals surface area contributed by atoms with Crippen LogP contribution in [0.15, 0.2) is 12.1 Å². The minimum atomic E-state index is -0.784. The van der Waals surface area contributed by atoms with Gasteiger partial charge in [-0.3, -0.25) is 14.5 Å². The number of carbonyl (C=O) groups is 2. The number of ether oxygens (including phenoxy) is 1. The van der Waals surface area contributed by atoms with Crippen LogP contribution in [0.2, 0.25) is 0 Å². The molecule has 0 aliphatic carbocycles. The summed E-state index contributed by atoms with van der Waals surface area (Å²) in [5.74, 6) is -1.17. The van der Waals surface area contributed by atoms with E-state index in [4.69, 9.17) is 10.00 Å². The fourth-order valence-corrected chi connectivity index (χ4v) is 2.30. The largest absolute Gasteiger partial charge is 0.474 e. The fraction of sp³-hybridized carbons (Fsp3) is 0.467. The van der Waals surface area contributed by atoms with Crippen LogP contribution in [0.3, 0.4) is 0 Å². The number of pyridine rings is 1. The molecule has 25 heavy (non-hydrogen) atoms. The zero-order valence-electron chi connectivity index (χ0n) is 13.8. The Hall–Kier alpha value is -3.22. The monoisotopic (exact) mass is 347 g/mol. The van der Waals surface area contributed by atoms with Gasteiger partial charge in [-0.15, -0.1) is 0 Å². The van der Waals surface area contributed by atoms with Crippen LogP contribution >= 0.6 is 0 Å². The number of amides is 2. The minimum absolute atomic E-state index is 0.0501. The molecule has 0 spiro atoms. The summed E-state index contributed by atoms with van der Waals surface area (Å²) in [4.78, 5) is 41.4. The van der Waals surface area contributed by atoms with Gasteiger partial charge in [-0.1, -0.05) is 6.92 Å². The number of carbonyl (C=O) groups excluding carboxylic acids is 2. The van der Waals surface area contributed by atoms with E-state index in [1.807, 2.05) is 6.07 Å². The van der Waals surface area contributed by atoms with Crippen LogP contribution in [0.25, 0.3) is 0 Å². The Bertz CT molecular complexity index is 744. The van der Waals surface area contributed by atoms with E-state index in [0.717, 1.165) is 4.90 Å². The molecule has 1 aromatic heterocycles. The first-order valence-corrected chi connectivity index (χ1v) is 7.63. The van der Waals surface area contributed by atoms with E-state index in [9.17, 15) is 19.7 Å². The van der Waals surface area contributed by atoms with Crippen molar-refractivity contribution in [2.45, 2.75) is 25.9 Å². The normalized spacial score (nSPS) is 15.8. The van der Waals surface area contributed by atoms with Gasteiger partial charge >= 0.3 is 5.82 Å². The maximum absolute atomic E-state index is 12.5. The Morgan fingerprint density at radius 3 is 2.88 bits per heavy atom. The van der Waals surface area contributed by atoms with Crippen LogP contribution < -0.4 is 9.64 Å². The first-order valence-electron chi connectivity index (χ1n) is 7.63. The van der Waals surface area contributed by atoms with Crippen LogP contribution in [0.4, 0.5) is 11.6 Å². The number of nitro groups is 1. The van der Waals surface area contributed by atoms with Gasteiger partial charge in [0.1, 0.15) is 6.54 Å². The number of nitriles is 1. The van der Waals surface area contributed by atoms with Crippen molar-refractivity contribution in [3.63, 3.8) is 0 Å². The van der Waals surface area contributed by atoms with Gasteiger partial charge in [-0.05, 0) is 22.4 Å². The van der Waals surface area contributed by atoms with Crippen LogP contribution in [-0.2, 0) is 9.59 Å². The molecule has 1 unspecified atom stereocenters. The average molecular weight is 347 g/mol. The summed E-state index contributed by atoms with van der Waals surface area (Å²) in [7, 11) is 1.52. The Morgan fingerprint density at radius 1 is 1.56 bits per heavy atom. The van der Waals surface area contributed by atoms with Gasteiger partial charge in [0.2, 0.25) is 5.91 Å². The summed E-state index contributed by atoms with van der Waals surface area (Å²) in [6.45, 7) is 1.65. The van der Waals surface area contributed by atoms with Crippen LogP contribution in [0.5, 0.6) is 5.75 Å². The predicted molar refractivity (Wildman–Crippen MR) is 85.8 cm³/mol. The highest BCUT2D eigenvalue weighted by atomic mass is 16.6. The van der Waals surface area contributed by atoms with Crippen molar-refractivity contribution in [3.8, 4) is 11.8 Å². The second-order valence-electron chi connectivity index (χ2n) is 5.41. The van der Waals surface area contributed by atoms with E-state index in [1.165, 1.54) is 24.1 Å². The molecule has 2 heterocycles. The molecule has 2 amide bonds. The highest BCUT2D eigenvalue weighted by Crippen LogP contribution is 2.34. The number of anilines is 1. The molecule has 10 nitrogen and oxygen atoms in total. The highest BCUT2D eigenvalue weighted by molar-refractivity contribution is 6.03. The van der Waals surface area contributed by atoms with E-state index >= 15 is 0 Å². The third kappa shape index (κ3) is 3.82. The lowest BCUT2D eigenvalue weighted by molar-refractivity contribution is -0.389. The molecule has 1 aromatic rings. The second-order valence-corrected chi connectivity index (χ2v) is 5.41. The molecule has 1 aliphatic rings. The number of likely N-dealkylation sites (N-methyl/N-ethyl adjacent to an activating group) is 1. The van der Waals surface area contributed by atoms with E-state index in [-0.39, 0.29) is 31.1 Å². The SMILES string of the molecule is CCC1Oc2ccc([N+](=O)[O-])nc2N(CC(=O)N(C)CCC#N)C1=O. The Morgan fingerprint density at radius 2 is 2.28 bits per heavy atom. The van der Waals surface area contributed by atoms with Crippen LogP contribution in [0, 0.1) is 21.4 Å². The standard InChI is InChI=1S/C15H17N5O5/c1-3-10-15(22)19(9-13(21)18(2)8-4-7-16)14-11(25-10)5-6-12(17-14)20(23)24/h5-6,10H,3-4,8-9H2,1-2H3. The number of rotatable bonds is 6. The van der Waals surface area contributed by atoms with Crippen molar-refractivity contribution >= 4 is 23.5 Å². The summed E-state index contributed by atoms with van der Waals surface area (Å²) in [6.07, 6.45) is -0.241. The summed E-state index contributed by atoms with van der Waals surface area (Å²) in [5, 5.41) is 19.5. The zero-order chi connectivity index (χ0) is 18.6. The van der Waals surface area contributed by atoms with Crippen molar-refractivity contribution in [2.75, 3.05) is 25.0 Å². The van der Waals surface area contributed by atoms with E-state index in [1.54, 1.807) is 6.92 Å². The van der Waals surface area contributed by atoms with Gasteiger partial charge in [0.05, 0.1) is 12.5 Å². The Kier molecular flexibility index (Phi) is 5.49. The number of hydrogen-bond acceptors (Lipinski definition) is 7. The van der Waals surface area contributed by atoms with Gasteiger partial charge in [0, 0.05) is 19.7 Å². The Labute approximate surface area is 143 Å². The summed E-state index contributed by atoms with van der Waals surface area (Å²) < 4.78 is 5.52. The van der Waals surface area contributed by atoms with E-state index < -0.39 is 28.7 Å². The number of fused-ring (bicyclic) bond motifs is 1. The molecule has 0 N–H and O–H groups in total. The third-order valence-corrected chi connectivity index (χ3v) is 3.73.